The summed E-state index contributed by atoms with van der Waals surface area (Å²) in [4.78, 5) is 23.3. The highest BCUT2D eigenvalue weighted by Crippen LogP contribution is 2.15. The summed E-state index contributed by atoms with van der Waals surface area (Å²) in [5.41, 5.74) is 0. The lowest BCUT2D eigenvalue weighted by atomic mass is 10.3. The largest absolute Gasteiger partial charge is 0.492 e. The van der Waals surface area contributed by atoms with Gasteiger partial charge in [-0.2, -0.15) is 0 Å². The molecule has 1 rings (SSSR count). The van der Waals surface area contributed by atoms with Gasteiger partial charge in [-0.1, -0.05) is 11.6 Å². The number of carboxylic acids is 1. The quantitative estimate of drug-likeness (QED) is 0.753. The molecule has 0 saturated heterocycles. The molecule has 0 fully saturated rings. The van der Waals surface area contributed by atoms with Gasteiger partial charge in [0.15, 0.2) is 0 Å². The van der Waals surface area contributed by atoms with Gasteiger partial charge in [0.1, 0.15) is 12.4 Å². The fraction of sp³-hybridized carbons (Fsp3) is 0.385. The number of halogens is 1. The smallest absolute Gasteiger partial charge is 0.317 e. The van der Waals surface area contributed by atoms with Gasteiger partial charge < -0.3 is 20.1 Å². The number of nitrogens with one attached hydrogen (secondary N) is 1. The number of carboxylic acid groups (broad SMARTS) is 1. The molecule has 110 valence electrons. The Hall–Kier alpha value is -1.95. The summed E-state index contributed by atoms with van der Waals surface area (Å²) >= 11 is 5.74. The van der Waals surface area contributed by atoms with Crippen LogP contribution in [0, 0.1) is 0 Å². The summed E-state index contributed by atoms with van der Waals surface area (Å²) < 4.78 is 5.40. The van der Waals surface area contributed by atoms with Crippen molar-refractivity contribution >= 4 is 23.6 Å². The number of carbonyl (C=O) groups is 2. The van der Waals surface area contributed by atoms with Crippen molar-refractivity contribution in [3.8, 4) is 5.75 Å². The van der Waals surface area contributed by atoms with Crippen LogP contribution < -0.4 is 10.1 Å². The van der Waals surface area contributed by atoms with Gasteiger partial charge in [-0.05, 0) is 24.3 Å². The molecule has 0 aliphatic heterocycles. The van der Waals surface area contributed by atoms with Crippen molar-refractivity contribution in [3.63, 3.8) is 0 Å². The van der Waals surface area contributed by atoms with E-state index >= 15 is 0 Å². The zero-order valence-corrected chi connectivity index (χ0v) is 11.9. The monoisotopic (exact) mass is 300 g/mol. The maximum Gasteiger partial charge on any atom is 0.317 e. The van der Waals surface area contributed by atoms with Gasteiger partial charge >= 0.3 is 12.0 Å². The Labute approximate surface area is 122 Å². The molecule has 6 nitrogen and oxygen atoms in total. The first-order valence-corrected chi connectivity index (χ1v) is 6.46. The second-order valence-electron chi connectivity index (χ2n) is 4.10. The van der Waals surface area contributed by atoms with Gasteiger partial charge in [-0.25, -0.2) is 4.79 Å². The molecule has 0 heterocycles. The van der Waals surface area contributed by atoms with Gasteiger partial charge in [0.05, 0.1) is 13.0 Å². The minimum atomic E-state index is -0.935. The summed E-state index contributed by atoms with van der Waals surface area (Å²) in [6.07, 6.45) is -0.0782. The van der Waals surface area contributed by atoms with Crippen molar-refractivity contribution < 1.29 is 19.4 Å². The Morgan fingerprint density at radius 3 is 2.60 bits per heavy atom. The topological polar surface area (TPSA) is 78.9 Å². The van der Waals surface area contributed by atoms with Crippen molar-refractivity contribution in [2.45, 2.75) is 6.42 Å². The standard InChI is InChI=1S/C13H17ClN2O4/c1-16(8-6-12(17)18)13(19)15-7-9-20-11-4-2-10(14)3-5-11/h2-5H,6-9H2,1H3,(H,15,19)(H,17,18). The molecule has 0 spiro atoms. The SMILES string of the molecule is CN(CCC(=O)O)C(=O)NCCOc1ccc(Cl)cc1. The molecular weight excluding hydrogens is 284 g/mol. The molecule has 0 bridgehead atoms. The maximum absolute atomic E-state index is 11.6. The Bertz CT molecular complexity index is 450. The Kier molecular flexibility index (Phi) is 6.66. The Morgan fingerprint density at radius 2 is 2.00 bits per heavy atom. The van der Waals surface area contributed by atoms with E-state index in [4.69, 9.17) is 21.4 Å². The van der Waals surface area contributed by atoms with Crippen LogP contribution >= 0.6 is 11.6 Å². The third-order valence-electron chi connectivity index (χ3n) is 2.47. The number of nitrogens with zero attached hydrogens (tertiary/aromatic N) is 1. The van der Waals surface area contributed by atoms with Crippen molar-refractivity contribution in [1.29, 1.82) is 0 Å². The minimum Gasteiger partial charge on any atom is -0.492 e. The number of rotatable bonds is 7. The summed E-state index contributed by atoms with van der Waals surface area (Å²) in [6.45, 7) is 0.818. The van der Waals surface area contributed by atoms with Crippen LogP contribution in [0.1, 0.15) is 6.42 Å². The third-order valence-corrected chi connectivity index (χ3v) is 2.72. The van der Waals surface area contributed by atoms with Crippen molar-refractivity contribution in [1.82, 2.24) is 10.2 Å². The number of urea groups is 1. The summed E-state index contributed by atoms with van der Waals surface area (Å²) in [5.74, 6) is -0.265. The molecule has 0 unspecified atom stereocenters. The van der Waals surface area contributed by atoms with E-state index in [0.717, 1.165) is 0 Å². The fourth-order valence-corrected chi connectivity index (χ4v) is 1.48. The van der Waals surface area contributed by atoms with E-state index in [9.17, 15) is 9.59 Å². The summed E-state index contributed by atoms with van der Waals surface area (Å²) in [7, 11) is 1.54. The number of aliphatic carboxylic acids is 1. The third kappa shape index (κ3) is 6.29. The molecule has 0 aliphatic carbocycles. The van der Waals surface area contributed by atoms with Crippen LogP contribution in [0.5, 0.6) is 5.75 Å². The van der Waals surface area contributed by atoms with Crippen molar-refractivity contribution in [2.75, 3.05) is 26.7 Å². The van der Waals surface area contributed by atoms with E-state index in [2.05, 4.69) is 5.32 Å². The van der Waals surface area contributed by atoms with Crippen LogP contribution in [0.25, 0.3) is 0 Å². The number of benzene rings is 1. The lowest BCUT2D eigenvalue weighted by Gasteiger charge is -2.17. The number of carbonyl (C=O) groups excluding carboxylic acids is 1. The predicted molar refractivity (Wildman–Crippen MR) is 75.2 cm³/mol. The number of ether oxygens (including phenoxy) is 1. The predicted octanol–water partition coefficient (Wildman–Crippen LogP) is 1.83. The van der Waals surface area contributed by atoms with Gasteiger partial charge in [-0.15, -0.1) is 0 Å². The average molecular weight is 301 g/mol. The molecule has 1 aromatic carbocycles. The van der Waals surface area contributed by atoms with Gasteiger partial charge in [0, 0.05) is 18.6 Å². The van der Waals surface area contributed by atoms with Crippen LogP contribution in [0.2, 0.25) is 5.02 Å². The molecule has 0 aromatic heterocycles. The van der Waals surface area contributed by atoms with Gasteiger partial charge in [0.2, 0.25) is 0 Å². The molecule has 0 radical (unpaired) electrons. The molecule has 7 heteroatoms. The van der Waals surface area contributed by atoms with Crippen LogP contribution in [-0.2, 0) is 4.79 Å². The molecule has 1 aromatic rings. The first-order valence-electron chi connectivity index (χ1n) is 6.08. The summed E-state index contributed by atoms with van der Waals surface area (Å²) in [6, 6.07) is 6.59. The Balaban J connectivity index is 2.18. The van der Waals surface area contributed by atoms with E-state index < -0.39 is 5.97 Å². The van der Waals surface area contributed by atoms with Crippen LogP contribution in [0.4, 0.5) is 4.79 Å². The molecule has 0 aliphatic rings. The first kappa shape index (κ1) is 16.1. The lowest BCUT2D eigenvalue weighted by molar-refractivity contribution is -0.137. The second kappa shape index (κ2) is 8.27. The number of hydrogen-bond acceptors (Lipinski definition) is 3. The molecule has 20 heavy (non-hydrogen) atoms. The Morgan fingerprint density at radius 1 is 1.35 bits per heavy atom. The molecule has 2 amide bonds. The van der Waals surface area contributed by atoms with E-state index in [1.165, 1.54) is 4.90 Å². The first-order chi connectivity index (χ1) is 9.49. The zero-order valence-electron chi connectivity index (χ0n) is 11.1. The lowest BCUT2D eigenvalue weighted by Crippen LogP contribution is -2.40. The van der Waals surface area contributed by atoms with E-state index in [1.807, 2.05) is 0 Å². The maximum atomic E-state index is 11.6. The molecule has 0 atom stereocenters. The van der Waals surface area contributed by atoms with Crippen molar-refractivity contribution in [2.24, 2.45) is 0 Å². The van der Waals surface area contributed by atoms with Gasteiger partial charge in [0.25, 0.3) is 0 Å². The normalized spacial score (nSPS) is 9.90. The molecule has 2 N–H and O–H groups in total. The highest BCUT2D eigenvalue weighted by Gasteiger charge is 2.09. The highest BCUT2D eigenvalue weighted by atomic mass is 35.5. The van der Waals surface area contributed by atoms with Crippen LogP contribution in [-0.4, -0.2) is 48.8 Å². The number of hydrogen-bond donors (Lipinski definition) is 2. The number of amides is 2. The van der Waals surface area contributed by atoms with Gasteiger partial charge in [-0.3, -0.25) is 4.79 Å². The average Bonchev–Trinajstić information content (AvgIpc) is 2.42. The fourth-order valence-electron chi connectivity index (χ4n) is 1.36. The van der Waals surface area contributed by atoms with E-state index in [-0.39, 0.29) is 19.0 Å². The summed E-state index contributed by atoms with van der Waals surface area (Å²) in [5, 5.41) is 11.8. The molecular formula is C13H17ClN2O4. The highest BCUT2D eigenvalue weighted by molar-refractivity contribution is 6.30. The van der Waals surface area contributed by atoms with Crippen molar-refractivity contribution in [3.05, 3.63) is 29.3 Å². The van der Waals surface area contributed by atoms with Crippen LogP contribution in [0.3, 0.4) is 0 Å². The molecule has 0 saturated carbocycles. The zero-order chi connectivity index (χ0) is 15.0. The van der Waals surface area contributed by atoms with E-state index in [1.54, 1.807) is 31.3 Å². The second-order valence-corrected chi connectivity index (χ2v) is 4.54. The van der Waals surface area contributed by atoms with E-state index in [0.29, 0.717) is 23.9 Å². The minimum absolute atomic E-state index is 0.0782. The van der Waals surface area contributed by atoms with Crippen LogP contribution in [0.15, 0.2) is 24.3 Å².